The number of imidazole rings is 1. The monoisotopic (exact) mass is 271 g/mol. The highest BCUT2D eigenvalue weighted by Crippen LogP contribution is 2.31. The number of hydrogen-bond donors (Lipinski definition) is 1. The number of hydrogen-bond acceptors (Lipinski definition) is 2. The van der Waals surface area contributed by atoms with Gasteiger partial charge in [-0.1, -0.05) is 18.2 Å². The van der Waals surface area contributed by atoms with E-state index < -0.39 is 17.6 Å². The Morgan fingerprint density at radius 3 is 2.65 bits per heavy atom. The molecular formula is C15H11F2N3. The summed E-state index contributed by atoms with van der Waals surface area (Å²) in [5.41, 5.74) is 1.52. The molecule has 2 aromatic heterocycles. The molecule has 3 rings (SSSR count). The molecule has 0 radical (unpaired) electrons. The minimum Gasteiger partial charge on any atom is -0.348 e. The highest BCUT2D eigenvalue weighted by atomic mass is 19.2. The SMILES string of the molecule is Fc1cccc(C(c2ccccn2)c2cnc[nH]2)c1F. The van der Waals surface area contributed by atoms with Gasteiger partial charge in [0.05, 0.1) is 17.9 Å². The van der Waals surface area contributed by atoms with Crippen molar-refractivity contribution in [1.29, 1.82) is 0 Å². The summed E-state index contributed by atoms with van der Waals surface area (Å²) in [4.78, 5) is 11.1. The minimum atomic E-state index is -0.872. The van der Waals surface area contributed by atoms with Gasteiger partial charge in [0.2, 0.25) is 0 Å². The van der Waals surface area contributed by atoms with Gasteiger partial charge in [-0.2, -0.15) is 0 Å². The van der Waals surface area contributed by atoms with Crippen LogP contribution in [-0.4, -0.2) is 15.0 Å². The minimum absolute atomic E-state index is 0.230. The lowest BCUT2D eigenvalue weighted by molar-refractivity contribution is 0.496. The highest BCUT2D eigenvalue weighted by Gasteiger charge is 2.23. The van der Waals surface area contributed by atoms with E-state index in [0.717, 1.165) is 6.07 Å². The van der Waals surface area contributed by atoms with E-state index in [1.165, 1.54) is 12.4 Å². The van der Waals surface area contributed by atoms with E-state index in [0.29, 0.717) is 11.4 Å². The Bertz CT molecular complexity index is 696. The van der Waals surface area contributed by atoms with Crippen molar-refractivity contribution in [1.82, 2.24) is 15.0 Å². The average molecular weight is 271 g/mol. The molecule has 20 heavy (non-hydrogen) atoms. The predicted octanol–water partition coefficient (Wildman–Crippen LogP) is 3.26. The van der Waals surface area contributed by atoms with Gasteiger partial charge in [0.1, 0.15) is 0 Å². The number of halogens is 2. The van der Waals surface area contributed by atoms with Crippen molar-refractivity contribution in [2.45, 2.75) is 5.92 Å². The van der Waals surface area contributed by atoms with E-state index in [9.17, 15) is 8.78 Å². The summed E-state index contributed by atoms with van der Waals surface area (Å²) in [6.07, 6.45) is 4.71. The van der Waals surface area contributed by atoms with Gasteiger partial charge in [-0.3, -0.25) is 4.98 Å². The van der Waals surface area contributed by atoms with Crippen molar-refractivity contribution in [3.05, 3.63) is 83.7 Å². The first-order valence-corrected chi connectivity index (χ1v) is 6.10. The molecule has 1 unspecified atom stereocenters. The molecule has 0 bridgehead atoms. The summed E-state index contributed by atoms with van der Waals surface area (Å²) >= 11 is 0. The third-order valence-electron chi connectivity index (χ3n) is 3.11. The first-order chi connectivity index (χ1) is 9.77. The quantitative estimate of drug-likeness (QED) is 0.794. The molecule has 3 aromatic rings. The fraction of sp³-hybridized carbons (Fsp3) is 0.0667. The van der Waals surface area contributed by atoms with E-state index in [4.69, 9.17) is 0 Å². The zero-order valence-electron chi connectivity index (χ0n) is 10.4. The second kappa shape index (κ2) is 5.21. The Balaban J connectivity index is 2.19. The molecule has 0 fully saturated rings. The second-order valence-corrected chi connectivity index (χ2v) is 4.34. The summed E-state index contributed by atoms with van der Waals surface area (Å²) in [6, 6.07) is 9.49. The van der Waals surface area contributed by atoms with E-state index >= 15 is 0 Å². The van der Waals surface area contributed by atoms with Crippen molar-refractivity contribution < 1.29 is 8.78 Å². The fourth-order valence-electron chi connectivity index (χ4n) is 2.20. The topological polar surface area (TPSA) is 41.6 Å². The van der Waals surface area contributed by atoms with Gasteiger partial charge >= 0.3 is 0 Å². The molecule has 1 N–H and O–H groups in total. The normalized spacial score (nSPS) is 12.3. The van der Waals surface area contributed by atoms with Crippen LogP contribution in [0.5, 0.6) is 0 Å². The van der Waals surface area contributed by atoms with Crippen LogP contribution in [0.3, 0.4) is 0 Å². The Labute approximate surface area is 114 Å². The Hall–Kier alpha value is -2.56. The van der Waals surface area contributed by atoms with Gasteiger partial charge in [0, 0.05) is 23.7 Å². The number of pyridine rings is 1. The van der Waals surface area contributed by atoms with Crippen LogP contribution in [0, 0.1) is 11.6 Å². The summed E-state index contributed by atoms with van der Waals surface area (Å²) in [7, 11) is 0. The lowest BCUT2D eigenvalue weighted by atomic mass is 9.92. The number of aromatic nitrogens is 3. The van der Waals surface area contributed by atoms with Crippen LogP contribution >= 0.6 is 0 Å². The molecule has 0 aliphatic rings. The molecule has 5 heteroatoms. The van der Waals surface area contributed by atoms with Crippen molar-refractivity contribution >= 4 is 0 Å². The summed E-state index contributed by atoms with van der Waals surface area (Å²) < 4.78 is 27.6. The average Bonchev–Trinajstić information content (AvgIpc) is 2.99. The number of rotatable bonds is 3. The van der Waals surface area contributed by atoms with Crippen LogP contribution in [0.2, 0.25) is 0 Å². The maximum Gasteiger partial charge on any atom is 0.163 e. The van der Waals surface area contributed by atoms with Gasteiger partial charge in [-0.25, -0.2) is 13.8 Å². The van der Waals surface area contributed by atoms with Crippen molar-refractivity contribution in [2.24, 2.45) is 0 Å². The van der Waals surface area contributed by atoms with Gasteiger partial charge in [-0.15, -0.1) is 0 Å². The number of H-pyrrole nitrogens is 1. The maximum atomic E-state index is 14.1. The first-order valence-electron chi connectivity index (χ1n) is 6.10. The maximum absolute atomic E-state index is 14.1. The smallest absolute Gasteiger partial charge is 0.163 e. The lowest BCUT2D eigenvalue weighted by Gasteiger charge is -2.16. The van der Waals surface area contributed by atoms with E-state index in [2.05, 4.69) is 15.0 Å². The third kappa shape index (κ3) is 2.18. The number of benzene rings is 1. The number of nitrogens with one attached hydrogen (secondary N) is 1. The molecular weight excluding hydrogens is 260 g/mol. The fourth-order valence-corrected chi connectivity index (χ4v) is 2.20. The molecule has 0 aliphatic heterocycles. The molecule has 100 valence electrons. The van der Waals surface area contributed by atoms with Gasteiger partial charge in [0.15, 0.2) is 11.6 Å². The van der Waals surface area contributed by atoms with Crippen LogP contribution < -0.4 is 0 Å². The third-order valence-corrected chi connectivity index (χ3v) is 3.11. The number of aromatic amines is 1. The Morgan fingerprint density at radius 1 is 1.05 bits per heavy atom. The van der Waals surface area contributed by atoms with Crippen LogP contribution in [-0.2, 0) is 0 Å². The molecule has 3 nitrogen and oxygen atoms in total. The van der Waals surface area contributed by atoms with Crippen LogP contribution in [0.25, 0.3) is 0 Å². The van der Waals surface area contributed by atoms with E-state index in [1.807, 2.05) is 6.07 Å². The zero-order chi connectivity index (χ0) is 13.9. The van der Waals surface area contributed by atoms with E-state index in [1.54, 1.807) is 30.6 Å². The number of nitrogens with zero attached hydrogens (tertiary/aromatic N) is 2. The van der Waals surface area contributed by atoms with Crippen molar-refractivity contribution in [3.63, 3.8) is 0 Å². The van der Waals surface area contributed by atoms with Crippen molar-refractivity contribution in [2.75, 3.05) is 0 Å². The second-order valence-electron chi connectivity index (χ2n) is 4.34. The summed E-state index contributed by atoms with van der Waals surface area (Å²) in [5.74, 6) is -2.25. The molecule has 0 saturated carbocycles. The molecule has 0 amide bonds. The molecule has 0 saturated heterocycles. The summed E-state index contributed by atoms with van der Waals surface area (Å²) in [5, 5.41) is 0. The van der Waals surface area contributed by atoms with Gasteiger partial charge in [-0.05, 0) is 18.2 Å². The molecule has 1 aromatic carbocycles. The molecule has 2 heterocycles. The van der Waals surface area contributed by atoms with Crippen molar-refractivity contribution in [3.8, 4) is 0 Å². The molecule has 0 aliphatic carbocycles. The predicted molar refractivity (Wildman–Crippen MR) is 70.1 cm³/mol. The van der Waals surface area contributed by atoms with Gasteiger partial charge < -0.3 is 4.98 Å². The standard InChI is InChI=1S/C15H11F2N3/c16-11-5-3-4-10(15(11)17)14(13-8-18-9-20-13)12-6-1-2-7-19-12/h1-9,14H,(H,18,20). The van der Waals surface area contributed by atoms with Gasteiger partial charge in [0.25, 0.3) is 0 Å². The molecule has 0 spiro atoms. The molecule has 1 atom stereocenters. The van der Waals surface area contributed by atoms with Crippen LogP contribution in [0.4, 0.5) is 8.78 Å². The Kier molecular flexibility index (Phi) is 3.25. The largest absolute Gasteiger partial charge is 0.348 e. The highest BCUT2D eigenvalue weighted by molar-refractivity contribution is 5.37. The van der Waals surface area contributed by atoms with Crippen LogP contribution in [0.1, 0.15) is 22.9 Å². The summed E-state index contributed by atoms with van der Waals surface area (Å²) in [6.45, 7) is 0. The first kappa shape index (κ1) is 12.5. The zero-order valence-corrected chi connectivity index (χ0v) is 10.4. The lowest BCUT2D eigenvalue weighted by Crippen LogP contribution is -2.09. The van der Waals surface area contributed by atoms with E-state index in [-0.39, 0.29) is 5.56 Å². The van der Waals surface area contributed by atoms with Crippen LogP contribution in [0.15, 0.2) is 55.1 Å². The Morgan fingerprint density at radius 2 is 1.95 bits per heavy atom.